The number of nitrogens with zero attached hydrogens (tertiary/aromatic N) is 1. The topological polar surface area (TPSA) is 37.8 Å². The average molecular weight is 373 g/mol. The van der Waals surface area contributed by atoms with Gasteiger partial charge in [0, 0.05) is 5.69 Å². The van der Waals surface area contributed by atoms with Gasteiger partial charge >= 0.3 is 4.71 Å². The summed E-state index contributed by atoms with van der Waals surface area (Å²) in [6.07, 6.45) is 4.54. The van der Waals surface area contributed by atoms with Crippen LogP contribution in [0.15, 0.2) is 27.9 Å². The van der Waals surface area contributed by atoms with Gasteiger partial charge in [-0.2, -0.15) is 8.78 Å². The number of aromatic nitrogens is 2. The van der Waals surface area contributed by atoms with E-state index in [0.29, 0.717) is 5.69 Å². The zero-order valence-corrected chi connectivity index (χ0v) is 15.1. The minimum Gasteiger partial charge on any atom is -0.298 e. The highest BCUT2D eigenvalue weighted by atomic mass is 35.5. The van der Waals surface area contributed by atoms with E-state index in [1.807, 2.05) is 13.0 Å². The zero-order chi connectivity index (χ0) is 17.5. The molecular formula is C17H19ClF2N2OS. The largest absolute Gasteiger partial charge is 0.375 e. The van der Waals surface area contributed by atoms with Gasteiger partial charge in [-0.1, -0.05) is 18.2 Å². The van der Waals surface area contributed by atoms with Gasteiger partial charge in [-0.15, -0.1) is 0 Å². The second kappa shape index (κ2) is 6.56. The Kier molecular flexibility index (Phi) is 4.80. The maximum Gasteiger partial charge on any atom is 0.375 e. The van der Waals surface area contributed by atoms with E-state index < -0.39 is 10.3 Å². The Balaban J connectivity index is 1.94. The number of alkyl halides is 3. The molecule has 0 radical (unpaired) electrons. The molecule has 0 saturated heterocycles. The highest BCUT2D eigenvalue weighted by Gasteiger charge is 2.31. The van der Waals surface area contributed by atoms with Crippen molar-refractivity contribution in [2.24, 2.45) is 0 Å². The number of nitrogens with one attached hydrogen (secondary N) is 1. The van der Waals surface area contributed by atoms with Gasteiger partial charge in [-0.25, -0.2) is 4.68 Å². The van der Waals surface area contributed by atoms with Crippen molar-refractivity contribution in [3.05, 3.63) is 50.9 Å². The first-order valence-corrected chi connectivity index (χ1v) is 9.14. The van der Waals surface area contributed by atoms with Gasteiger partial charge in [0.05, 0.1) is 6.04 Å². The molecule has 0 fully saturated rings. The monoisotopic (exact) mass is 372 g/mol. The number of rotatable bonds is 4. The van der Waals surface area contributed by atoms with Crippen molar-refractivity contribution >= 4 is 23.4 Å². The molecule has 1 aliphatic carbocycles. The average Bonchev–Trinajstić information content (AvgIpc) is 2.80. The molecule has 1 aliphatic rings. The van der Waals surface area contributed by atoms with Gasteiger partial charge in [0.2, 0.25) is 0 Å². The number of fused-ring (bicyclic) bond motifs is 1. The highest BCUT2D eigenvalue weighted by Crippen LogP contribution is 2.39. The first-order chi connectivity index (χ1) is 11.3. The minimum atomic E-state index is -3.50. The van der Waals surface area contributed by atoms with Gasteiger partial charge in [-0.05, 0) is 79.6 Å². The van der Waals surface area contributed by atoms with E-state index in [4.69, 9.17) is 11.6 Å². The maximum absolute atomic E-state index is 13.1. The lowest BCUT2D eigenvalue weighted by molar-refractivity contribution is 0.203. The molecule has 1 atom stereocenters. The summed E-state index contributed by atoms with van der Waals surface area (Å²) in [5, 5.41) is 2.91. The summed E-state index contributed by atoms with van der Waals surface area (Å²) in [6, 6.07) is 6.00. The van der Waals surface area contributed by atoms with Crippen LogP contribution in [0.5, 0.6) is 0 Å². The van der Waals surface area contributed by atoms with Crippen LogP contribution in [0.3, 0.4) is 0 Å². The van der Waals surface area contributed by atoms with Crippen LogP contribution in [-0.4, -0.2) is 14.5 Å². The Hall–Kier alpha value is -1.27. The van der Waals surface area contributed by atoms with Gasteiger partial charge in [0.25, 0.3) is 5.56 Å². The Bertz CT molecular complexity index is 810. The maximum atomic E-state index is 13.1. The van der Waals surface area contributed by atoms with E-state index in [9.17, 15) is 13.6 Å². The number of thioether (sulfide) groups is 1. The van der Waals surface area contributed by atoms with Crippen molar-refractivity contribution in [1.29, 1.82) is 0 Å². The second-order valence-corrected chi connectivity index (χ2v) is 8.02. The number of hydrogen-bond donors (Lipinski definition) is 1. The number of halogens is 3. The molecule has 0 spiro atoms. The third-order valence-corrected chi connectivity index (χ3v) is 5.65. The molecular weight excluding hydrogens is 354 g/mol. The first-order valence-electron chi connectivity index (χ1n) is 7.95. The molecule has 0 saturated carbocycles. The number of benzene rings is 1. The Labute approximate surface area is 148 Å². The molecule has 130 valence electrons. The van der Waals surface area contributed by atoms with Crippen molar-refractivity contribution in [2.75, 3.05) is 0 Å². The van der Waals surface area contributed by atoms with E-state index in [-0.39, 0.29) is 22.7 Å². The summed E-state index contributed by atoms with van der Waals surface area (Å²) in [7, 11) is 0. The summed E-state index contributed by atoms with van der Waals surface area (Å²) in [5.41, 5.74) is 3.61. The molecule has 1 aromatic heterocycles. The summed E-state index contributed by atoms with van der Waals surface area (Å²) < 4.78 is 24.0. The number of aryl methyl sites for hydroxylation is 3. The molecule has 2 aromatic rings. The van der Waals surface area contributed by atoms with Crippen LogP contribution in [0.2, 0.25) is 0 Å². The van der Waals surface area contributed by atoms with E-state index in [1.54, 1.807) is 6.92 Å². The van der Waals surface area contributed by atoms with Gasteiger partial charge in [0.15, 0.2) is 0 Å². The molecule has 1 N–H and O–H groups in total. The minimum absolute atomic E-state index is 0.0418. The lowest BCUT2D eigenvalue weighted by Gasteiger charge is -2.19. The van der Waals surface area contributed by atoms with Crippen LogP contribution in [-0.2, 0) is 12.8 Å². The summed E-state index contributed by atoms with van der Waals surface area (Å²) in [6.45, 7) is 3.48. The van der Waals surface area contributed by atoms with Crippen LogP contribution < -0.4 is 5.56 Å². The fourth-order valence-electron chi connectivity index (χ4n) is 3.22. The normalized spacial score (nSPS) is 16.0. The third-order valence-electron chi connectivity index (χ3n) is 4.50. The summed E-state index contributed by atoms with van der Waals surface area (Å²) >= 11 is 5.04. The molecule has 7 heteroatoms. The fraction of sp³-hybridized carbons (Fsp3) is 0.471. The number of H-pyrrole nitrogens is 1. The van der Waals surface area contributed by atoms with Gasteiger partial charge < -0.3 is 0 Å². The predicted octanol–water partition coefficient (Wildman–Crippen LogP) is 4.85. The lowest BCUT2D eigenvalue weighted by Crippen LogP contribution is -2.23. The highest BCUT2D eigenvalue weighted by molar-refractivity contribution is 8.01. The van der Waals surface area contributed by atoms with E-state index in [2.05, 4.69) is 17.2 Å². The van der Waals surface area contributed by atoms with Crippen LogP contribution >= 0.6 is 23.4 Å². The standard InChI is InChI=1S/C17H19ClF2N2OS/c1-10-15(24-17(18,19)20)16(23)22(21-10)11(2)13-8-7-12-5-3-4-6-14(12)9-13/h7-9,11,21H,3-6H2,1-2H3. The van der Waals surface area contributed by atoms with Crippen LogP contribution in [0.25, 0.3) is 0 Å². The van der Waals surface area contributed by atoms with Crippen molar-refractivity contribution in [3.63, 3.8) is 0 Å². The van der Waals surface area contributed by atoms with Crippen molar-refractivity contribution < 1.29 is 8.78 Å². The Morgan fingerprint density at radius 3 is 2.62 bits per heavy atom. The molecule has 1 aromatic carbocycles. The van der Waals surface area contributed by atoms with Crippen LogP contribution in [0, 0.1) is 6.92 Å². The van der Waals surface area contributed by atoms with Crippen molar-refractivity contribution in [1.82, 2.24) is 9.78 Å². The molecule has 3 nitrogen and oxygen atoms in total. The molecule has 3 rings (SSSR count). The van der Waals surface area contributed by atoms with Gasteiger partial charge in [-0.3, -0.25) is 9.89 Å². The SMILES string of the molecule is Cc1[nH]n(C(C)c2ccc3c(c2)CCCC3)c(=O)c1SC(F)(F)Cl. The third kappa shape index (κ3) is 3.54. The quantitative estimate of drug-likeness (QED) is 0.615. The zero-order valence-electron chi connectivity index (χ0n) is 13.5. The van der Waals surface area contributed by atoms with Gasteiger partial charge in [0.1, 0.15) is 4.90 Å². The van der Waals surface area contributed by atoms with Crippen molar-refractivity contribution in [2.45, 2.75) is 55.2 Å². The number of hydrogen-bond acceptors (Lipinski definition) is 2. The van der Waals surface area contributed by atoms with E-state index >= 15 is 0 Å². The molecule has 1 unspecified atom stereocenters. The molecule has 24 heavy (non-hydrogen) atoms. The van der Waals surface area contributed by atoms with E-state index in [0.717, 1.165) is 18.4 Å². The van der Waals surface area contributed by atoms with Crippen LogP contribution in [0.4, 0.5) is 8.78 Å². The van der Waals surface area contributed by atoms with Crippen molar-refractivity contribution in [3.8, 4) is 0 Å². The summed E-state index contributed by atoms with van der Waals surface area (Å²) in [5.74, 6) is 0. The first kappa shape index (κ1) is 17.5. The molecule has 1 heterocycles. The Morgan fingerprint density at radius 2 is 1.96 bits per heavy atom. The molecule has 0 aliphatic heterocycles. The van der Waals surface area contributed by atoms with E-state index in [1.165, 1.54) is 28.7 Å². The second-order valence-electron chi connectivity index (χ2n) is 6.20. The lowest BCUT2D eigenvalue weighted by atomic mass is 9.89. The molecule has 0 amide bonds. The predicted molar refractivity (Wildman–Crippen MR) is 93.3 cm³/mol. The summed E-state index contributed by atoms with van der Waals surface area (Å²) in [4.78, 5) is 12.4. The molecule has 0 bridgehead atoms. The Morgan fingerprint density at radius 1 is 1.29 bits per heavy atom. The smallest absolute Gasteiger partial charge is 0.298 e. The fourth-order valence-corrected chi connectivity index (χ4v) is 4.07. The van der Waals surface area contributed by atoms with Crippen LogP contribution in [0.1, 0.15) is 48.2 Å². The number of aromatic amines is 1.